The largest absolute Gasteiger partial charge is 0.773 e. The van der Waals surface area contributed by atoms with E-state index in [2.05, 4.69) is 11.2 Å². The molecule has 0 radical (unpaired) electrons. The van der Waals surface area contributed by atoms with Gasteiger partial charge in [0.1, 0.15) is 0 Å². The van der Waals surface area contributed by atoms with Crippen LogP contribution in [0.2, 0.25) is 0 Å². The van der Waals surface area contributed by atoms with Crippen LogP contribution in [0.15, 0.2) is 0 Å². The van der Waals surface area contributed by atoms with E-state index in [4.69, 9.17) is 9.11 Å². The molecule has 4 heteroatoms. The molecule has 0 amide bonds. The minimum atomic E-state index is -2.03. The van der Waals surface area contributed by atoms with E-state index in [1.165, 1.54) is 0 Å². The first-order valence-electron chi connectivity index (χ1n) is 0.516. The molecule has 0 heterocycles. The Morgan fingerprint density at radius 2 is 2.00 bits per heavy atom. The van der Waals surface area contributed by atoms with Gasteiger partial charge in [-0.15, -0.1) is 0 Å². The smallest absolute Gasteiger partial charge is 0.0385 e. The molecule has 1 atom stereocenters. The average Bonchev–Trinajstić information content (AvgIpc) is 0.811. The summed E-state index contributed by atoms with van der Waals surface area (Å²) < 4.78 is 16.3. The Morgan fingerprint density at radius 1 is 2.00 bits per heavy atom. The highest BCUT2D eigenvalue weighted by Crippen LogP contribution is 1.47. The molecule has 2 nitrogen and oxygen atoms in total. The van der Waals surface area contributed by atoms with E-state index in [-0.39, 0.29) is 0 Å². The Kier molecular flexibility index (Phi) is 1.99. The zero-order valence-electron chi connectivity index (χ0n) is 1.67. The summed E-state index contributed by atoms with van der Waals surface area (Å²) in [4.78, 5) is 0. The Bertz CT molecular complexity index is 27.0. The van der Waals surface area contributed by atoms with Gasteiger partial charge in [0.05, 0.1) is 0 Å². The van der Waals surface area contributed by atoms with Crippen molar-refractivity contribution < 1.29 is 9.11 Å². The van der Waals surface area contributed by atoms with Crippen molar-refractivity contribution in [2.45, 2.75) is 0 Å². The van der Waals surface area contributed by atoms with E-state index in [0.29, 0.717) is 0 Å². The van der Waals surface area contributed by atoms with Gasteiger partial charge in [-0.3, -0.25) is 0 Å². The van der Waals surface area contributed by atoms with Crippen LogP contribution in [0.5, 0.6) is 0 Å². The van der Waals surface area contributed by atoms with Crippen molar-refractivity contribution in [3.8, 4) is 0 Å². The molecule has 0 aromatic heterocycles. The fourth-order valence-corrected chi connectivity index (χ4v) is 0. The minimum Gasteiger partial charge on any atom is -0.773 e. The summed E-state index contributed by atoms with van der Waals surface area (Å²) in [5.74, 6) is 0. The third-order valence-corrected chi connectivity index (χ3v) is 0. The molecule has 0 saturated heterocycles. The van der Waals surface area contributed by atoms with E-state index in [1.807, 2.05) is 0 Å². The van der Waals surface area contributed by atoms with E-state index >= 15 is 0 Å². The summed E-state index contributed by atoms with van der Waals surface area (Å²) in [6.07, 6.45) is 0. The molecule has 0 aliphatic heterocycles. The molecule has 0 aromatic carbocycles. The predicted octanol–water partition coefficient (Wildman–Crippen LogP) is -0.330. The van der Waals surface area contributed by atoms with Gasteiger partial charge in [0.15, 0.2) is 0 Å². The second kappa shape index (κ2) is 1.78. The molecule has 0 bridgehead atoms. The fourth-order valence-electron chi connectivity index (χ4n) is 0. The van der Waals surface area contributed by atoms with Crippen molar-refractivity contribution in [2.75, 3.05) is 0 Å². The fraction of sp³-hybridized carbons (Fsp3) is 0. The van der Waals surface area contributed by atoms with Gasteiger partial charge in [0, 0.05) is 0 Å². The third-order valence-electron chi connectivity index (χ3n) is 0. The Labute approximate surface area is 31.1 Å². The molecule has 0 aliphatic rings. The van der Waals surface area contributed by atoms with E-state index in [1.54, 1.807) is 0 Å². The third kappa shape index (κ3) is 23.0. The van der Waals surface area contributed by atoms with Crippen molar-refractivity contribution in [1.29, 1.82) is 0 Å². The van der Waals surface area contributed by atoms with Gasteiger partial charge in [-0.25, -0.2) is 0 Å². The average molecular weight is 97.1 g/mol. The summed E-state index contributed by atoms with van der Waals surface area (Å²) in [5.41, 5.74) is 0. The van der Waals surface area contributed by atoms with Gasteiger partial charge in [-0.05, 0) is 11.2 Å². The maximum Gasteiger partial charge on any atom is -0.0385 e. The maximum absolute atomic E-state index is 8.93. The molecular formula is HO2S2-. The van der Waals surface area contributed by atoms with Crippen LogP contribution in [0.3, 0.4) is 0 Å². The van der Waals surface area contributed by atoms with Gasteiger partial charge in [-0.1, -0.05) is 10.0 Å². The standard InChI is InChI=1S/H2O2S2/c1-4(2)3/h(H2,1,2,3)/p-1. The van der Waals surface area contributed by atoms with Crippen molar-refractivity contribution in [1.82, 2.24) is 0 Å². The van der Waals surface area contributed by atoms with Gasteiger partial charge < -0.3 is 9.11 Å². The van der Waals surface area contributed by atoms with Crippen LogP contribution in [0, 0.1) is 0 Å². The highest BCUT2D eigenvalue weighted by Gasteiger charge is 1.35. The monoisotopic (exact) mass is 96.9 g/mol. The first-order chi connectivity index (χ1) is 1.73. The molecule has 0 spiro atoms. The van der Waals surface area contributed by atoms with Crippen molar-refractivity contribution in [3.05, 3.63) is 0 Å². The van der Waals surface area contributed by atoms with Crippen LogP contribution >= 0.6 is 0 Å². The number of hydrogen-bond donors (Lipinski definition) is 1. The first kappa shape index (κ1) is 4.49. The molecule has 4 heavy (non-hydrogen) atoms. The lowest BCUT2D eigenvalue weighted by Crippen LogP contribution is -1.72. The molecule has 1 N–H and O–H groups in total. The summed E-state index contributed by atoms with van der Waals surface area (Å²) >= 11 is 3.65. The Balaban J connectivity index is 2.80. The molecule has 26 valence electrons. The van der Waals surface area contributed by atoms with Crippen molar-refractivity contribution in [3.63, 3.8) is 0 Å². The molecular weight excluding hydrogens is 96.1 g/mol. The van der Waals surface area contributed by atoms with Crippen molar-refractivity contribution in [2.24, 2.45) is 0 Å². The summed E-state index contributed by atoms with van der Waals surface area (Å²) in [6, 6.07) is 0. The Hall–Kier alpha value is 0.490. The first-order valence-corrected chi connectivity index (χ1v) is 2.55. The highest BCUT2D eigenvalue weighted by molar-refractivity contribution is 8.22. The molecule has 0 aliphatic carbocycles. The molecule has 0 fully saturated rings. The zero-order chi connectivity index (χ0) is 3.58. The predicted molar refractivity (Wildman–Crippen MR) is 18.1 cm³/mol. The number of rotatable bonds is 0. The van der Waals surface area contributed by atoms with Gasteiger partial charge in [0.25, 0.3) is 0 Å². The minimum absolute atomic E-state index is 2.03. The second-order valence-electron chi connectivity index (χ2n) is 0.217. The summed E-state index contributed by atoms with van der Waals surface area (Å²) in [6.45, 7) is 0. The quantitative estimate of drug-likeness (QED) is 0.450. The lowest BCUT2D eigenvalue weighted by atomic mass is 15.9. The van der Waals surface area contributed by atoms with E-state index in [9.17, 15) is 0 Å². The van der Waals surface area contributed by atoms with Gasteiger partial charge >= 0.3 is 0 Å². The highest BCUT2D eigenvalue weighted by atomic mass is 32.8. The topological polar surface area (TPSA) is 43.3 Å². The lowest BCUT2D eigenvalue weighted by Gasteiger charge is -1.89. The van der Waals surface area contributed by atoms with Crippen LogP contribution in [-0.2, 0) is 21.2 Å². The summed E-state index contributed by atoms with van der Waals surface area (Å²) in [5, 5.41) is 0. The van der Waals surface area contributed by atoms with Gasteiger partial charge in [-0.2, -0.15) is 0 Å². The molecule has 0 rings (SSSR count). The van der Waals surface area contributed by atoms with Crippen LogP contribution < -0.4 is 0 Å². The van der Waals surface area contributed by atoms with Crippen LogP contribution in [0.25, 0.3) is 0 Å². The second-order valence-corrected chi connectivity index (χ2v) is 1.51. The molecule has 1 unspecified atom stereocenters. The van der Waals surface area contributed by atoms with Crippen LogP contribution in [0.4, 0.5) is 0 Å². The number of hydrogen-bond acceptors (Lipinski definition) is 2. The van der Waals surface area contributed by atoms with Crippen molar-refractivity contribution >= 4 is 21.2 Å². The maximum atomic E-state index is 8.93. The van der Waals surface area contributed by atoms with Gasteiger partial charge in [0.2, 0.25) is 0 Å². The molecule has 0 saturated carbocycles. The molecule has 0 aromatic rings. The van der Waals surface area contributed by atoms with E-state index < -0.39 is 10.0 Å². The zero-order valence-corrected chi connectivity index (χ0v) is 3.30. The lowest BCUT2D eigenvalue weighted by molar-refractivity contribution is 0.505. The Morgan fingerprint density at radius 3 is 2.00 bits per heavy atom. The normalized spacial score (nSPS) is 15.5. The van der Waals surface area contributed by atoms with Crippen LogP contribution in [0.1, 0.15) is 0 Å². The summed E-state index contributed by atoms with van der Waals surface area (Å²) in [7, 11) is -2.03. The van der Waals surface area contributed by atoms with E-state index in [0.717, 1.165) is 0 Å². The van der Waals surface area contributed by atoms with Crippen LogP contribution in [-0.4, -0.2) is 9.11 Å². The SMILES string of the molecule is [O-]S(O)=S.